The van der Waals surface area contributed by atoms with E-state index < -0.39 is 0 Å². The molecule has 0 aromatic carbocycles. The summed E-state index contributed by atoms with van der Waals surface area (Å²) in [5, 5.41) is 3.32. The molecule has 0 saturated carbocycles. The lowest BCUT2D eigenvalue weighted by atomic mass is 9.99. The molecule has 0 saturated heterocycles. The molecule has 184 valence electrons. The van der Waals surface area contributed by atoms with Gasteiger partial charge in [0.25, 0.3) is 0 Å². The van der Waals surface area contributed by atoms with Crippen LogP contribution in [0.5, 0.6) is 0 Å². The van der Waals surface area contributed by atoms with Crippen molar-refractivity contribution in [2.24, 2.45) is 5.73 Å². The Labute approximate surface area is 192 Å². The fraction of sp³-hybridized carbons (Fsp3) is 0.923. The van der Waals surface area contributed by atoms with Gasteiger partial charge in [-0.3, -0.25) is 9.59 Å². The molecule has 3 N–H and O–H groups in total. The van der Waals surface area contributed by atoms with Gasteiger partial charge in [-0.15, -0.1) is 0 Å². The molecule has 0 radical (unpaired) electrons. The Balaban J connectivity index is 4.06. The average Bonchev–Trinajstić information content (AvgIpc) is 2.77. The molecule has 0 aliphatic heterocycles. The van der Waals surface area contributed by atoms with E-state index in [4.69, 9.17) is 5.73 Å². The van der Waals surface area contributed by atoms with Crippen molar-refractivity contribution in [2.45, 2.75) is 141 Å². The lowest BCUT2D eigenvalue weighted by molar-refractivity contribution is -0.140. The Bertz CT molecular complexity index is 415. The van der Waals surface area contributed by atoms with Crippen molar-refractivity contribution < 1.29 is 14.3 Å². The Morgan fingerprint density at radius 3 is 1.74 bits per heavy atom. The second kappa shape index (κ2) is 23.6. The van der Waals surface area contributed by atoms with E-state index in [0.717, 1.165) is 70.8 Å². The van der Waals surface area contributed by atoms with Gasteiger partial charge in [0.2, 0.25) is 5.91 Å². The number of esters is 1. The molecule has 1 amide bonds. The summed E-state index contributed by atoms with van der Waals surface area (Å²) in [5.74, 6) is 0.110. The Morgan fingerprint density at radius 2 is 1.19 bits per heavy atom. The number of amides is 1. The number of hydrogen-bond donors (Lipinski definition) is 2. The highest BCUT2D eigenvalue weighted by Gasteiger charge is 2.12. The minimum atomic E-state index is -0.111. The maximum absolute atomic E-state index is 12.4. The number of ether oxygens (including phenoxy) is 1. The van der Waals surface area contributed by atoms with Crippen LogP contribution in [0.2, 0.25) is 0 Å². The zero-order chi connectivity index (χ0) is 23.0. The molecule has 0 heterocycles. The van der Waals surface area contributed by atoms with Crippen LogP contribution in [-0.2, 0) is 14.3 Å². The van der Waals surface area contributed by atoms with Gasteiger partial charge in [0.15, 0.2) is 0 Å². The Hall–Kier alpha value is -1.10. The van der Waals surface area contributed by atoms with Gasteiger partial charge in [-0.25, -0.2) is 0 Å². The van der Waals surface area contributed by atoms with Crippen molar-refractivity contribution in [3.05, 3.63) is 0 Å². The number of carbonyl (C=O) groups is 2. The first-order chi connectivity index (χ1) is 15.1. The SMILES string of the molecule is CCCCCCCCCC(CCCCCCCC(=O)OC)NC(=O)CCCCCCN. The molecule has 5 heteroatoms. The van der Waals surface area contributed by atoms with Gasteiger partial charge in [-0.1, -0.05) is 90.4 Å². The third-order valence-corrected chi connectivity index (χ3v) is 6.04. The van der Waals surface area contributed by atoms with E-state index in [0.29, 0.717) is 18.9 Å². The lowest BCUT2D eigenvalue weighted by Gasteiger charge is -2.19. The van der Waals surface area contributed by atoms with E-state index in [9.17, 15) is 9.59 Å². The first-order valence-electron chi connectivity index (χ1n) is 13.2. The highest BCUT2D eigenvalue weighted by molar-refractivity contribution is 5.76. The summed E-state index contributed by atoms with van der Waals surface area (Å²) < 4.78 is 4.68. The summed E-state index contributed by atoms with van der Waals surface area (Å²) in [7, 11) is 1.45. The number of unbranched alkanes of at least 4 members (excludes halogenated alkanes) is 13. The fourth-order valence-corrected chi connectivity index (χ4v) is 4.01. The summed E-state index contributed by atoms with van der Waals surface area (Å²) in [6, 6.07) is 0.322. The zero-order valence-electron chi connectivity index (χ0n) is 20.7. The van der Waals surface area contributed by atoms with Crippen LogP contribution < -0.4 is 11.1 Å². The molecule has 0 bridgehead atoms. The highest BCUT2D eigenvalue weighted by atomic mass is 16.5. The van der Waals surface area contributed by atoms with E-state index in [2.05, 4.69) is 17.0 Å². The fourth-order valence-electron chi connectivity index (χ4n) is 4.01. The van der Waals surface area contributed by atoms with Gasteiger partial charge in [0, 0.05) is 18.9 Å². The molecule has 1 atom stereocenters. The van der Waals surface area contributed by atoms with Crippen molar-refractivity contribution in [2.75, 3.05) is 13.7 Å². The number of nitrogens with two attached hydrogens (primary N) is 1. The first-order valence-corrected chi connectivity index (χ1v) is 13.2. The van der Waals surface area contributed by atoms with Crippen LogP contribution in [0, 0.1) is 0 Å². The van der Waals surface area contributed by atoms with Crippen molar-refractivity contribution in [3.8, 4) is 0 Å². The van der Waals surface area contributed by atoms with Gasteiger partial charge in [-0.05, 0) is 38.6 Å². The summed E-state index contributed by atoms with van der Waals surface area (Å²) in [6.45, 7) is 3.00. The van der Waals surface area contributed by atoms with E-state index in [-0.39, 0.29) is 11.9 Å². The molecular weight excluding hydrogens is 388 g/mol. The predicted octanol–water partition coefficient (Wildman–Crippen LogP) is 6.42. The van der Waals surface area contributed by atoms with Crippen LogP contribution in [0.15, 0.2) is 0 Å². The van der Waals surface area contributed by atoms with Crippen LogP contribution in [0.4, 0.5) is 0 Å². The van der Waals surface area contributed by atoms with Crippen molar-refractivity contribution >= 4 is 11.9 Å². The van der Waals surface area contributed by atoms with Crippen molar-refractivity contribution in [3.63, 3.8) is 0 Å². The molecule has 31 heavy (non-hydrogen) atoms. The molecular formula is C26H52N2O3. The van der Waals surface area contributed by atoms with Gasteiger partial charge in [-0.2, -0.15) is 0 Å². The molecule has 0 aromatic heterocycles. The smallest absolute Gasteiger partial charge is 0.305 e. The largest absolute Gasteiger partial charge is 0.469 e. The second-order valence-electron chi connectivity index (χ2n) is 9.01. The number of nitrogens with one attached hydrogen (secondary N) is 1. The van der Waals surface area contributed by atoms with Crippen LogP contribution in [0.1, 0.15) is 135 Å². The third-order valence-electron chi connectivity index (χ3n) is 6.04. The second-order valence-corrected chi connectivity index (χ2v) is 9.01. The maximum Gasteiger partial charge on any atom is 0.305 e. The zero-order valence-corrected chi connectivity index (χ0v) is 20.7. The summed E-state index contributed by atoms with van der Waals surface area (Å²) in [6.07, 6.45) is 22.2. The average molecular weight is 441 g/mol. The van der Waals surface area contributed by atoms with Crippen molar-refractivity contribution in [1.29, 1.82) is 0 Å². The molecule has 0 spiro atoms. The number of methoxy groups -OCH3 is 1. The first kappa shape index (κ1) is 29.9. The van der Waals surface area contributed by atoms with Gasteiger partial charge in [0.1, 0.15) is 0 Å². The Kier molecular flexibility index (Phi) is 22.7. The van der Waals surface area contributed by atoms with Crippen LogP contribution >= 0.6 is 0 Å². The molecule has 5 nitrogen and oxygen atoms in total. The third kappa shape index (κ3) is 21.9. The summed E-state index contributed by atoms with van der Waals surface area (Å²) in [4.78, 5) is 23.5. The molecule has 0 aromatic rings. The molecule has 1 unspecified atom stereocenters. The predicted molar refractivity (Wildman–Crippen MR) is 131 cm³/mol. The summed E-state index contributed by atoms with van der Waals surface area (Å²) >= 11 is 0. The quantitative estimate of drug-likeness (QED) is 0.142. The van der Waals surface area contributed by atoms with Gasteiger partial charge in [0.05, 0.1) is 7.11 Å². The maximum atomic E-state index is 12.4. The standard InChI is InChI=1S/C26H52N2O3/c1-3-4-5-6-7-9-14-19-24(28-25(29)21-16-12-13-18-23-27)20-15-10-8-11-17-22-26(30)31-2/h24H,3-23,27H2,1-2H3,(H,28,29). The van der Waals surface area contributed by atoms with E-state index >= 15 is 0 Å². The highest BCUT2D eigenvalue weighted by Crippen LogP contribution is 2.15. The number of rotatable bonds is 23. The molecule has 0 rings (SSSR count). The normalized spacial score (nSPS) is 12.0. The molecule has 0 aliphatic rings. The van der Waals surface area contributed by atoms with Crippen molar-refractivity contribution in [1.82, 2.24) is 5.32 Å². The molecule has 0 fully saturated rings. The van der Waals surface area contributed by atoms with Crippen LogP contribution in [-0.4, -0.2) is 31.6 Å². The molecule has 0 aliphatic carbocycles. The number of carbonyl (C=O) groups excluding carboxylic acids is 2. The minimum absolute atomic E-state index is 0.111. The summed E-state index contributed by atoms with van der Waals surface area (Å²) in [5.41, 5.74) is 5.53. The number of hydrogen-bond acceptors (Lipinski definition) is 4. The lowest BCUT2D eigenvalue weighted by Crippen LogP contribution is -2.34. The minimum Gasteiger partial charge on any atom is -0.469 e. The topological polar surface area (TPSA) is 81.4 Å². The van der Waals surface area contributed by atoms with Crippen LogP contribution in [0.3, 0.4) is 0 Å². The van der Waals surface area contributed by atoms with E-state index in [1.165, 1.54) is 58.5 Å². The monoisotopic (exact) mass is 440 g/mol. The van der Waals surface area contributed by atoms with Gasteiger partial charge >= 0.3 is 5.97 Å². The van der Waals surface area contributed by atoms with Crippen LogP contribution in [0.25, 0.3) is 0 Å². The van der Waals surface area contributed by atoms with E-state index in [1.54, 1.807) is 0 Å². The van der Waals surface area contributed by atoms with Gasteiger partial charge < -0.3 is 15.8 Å². The Morgan fingerprint density at radius 1 is 0.710 bits per heavy atom. The van der Waals surface area contributed by atoms with E-state index in [1.807, 2.05) is 0 Å².